The van der Waals surface area contributed by atoms with Crippen molar-refractivity contribution < 1.29 is 23.1 Å². The van der Waals surface area contributed by atoms with Gasteiger partial charge in [-0.3, -0.25) is 4.72 Å². The van der Waals surface area contributed by atoms with Crippen molar-refractivity contribution in [1.29, 1.82) is 0 Å². The van der Waals surface area contributed by atoms with Crippen LogP contribution >= 0.6 is 0 Å². The maximum absolute atomic E-state index is 12.4. The summed E-state index contributed by atoms with van der Waals surface area (Å²) in [6.45, 7) is 1.71. The maximum atomic E-state index is 12.4. The molecule has 0 unspecified atom stereocenters. The maximum Gasteiger partial charge on any atom is 0.337 e. The first-order chi connectivity index (χ1) is 10.3. The summed E-state index contributed by atoms with van der Waals surface area (Å²) >= 11 is 0. The SMILES string of the molecule is COC(=O)c1ccc(NS(=O)(=O)[C@@H]2CCCC[C@@H]2O)c(C)c1. The van der Waals surface area contributed by atoms with E-state index in [1.807, 2.05) is 0 Å². The van der Waals surface area contributed by atoms with Crippen molar-refractivity contribution in [3.05, 3.63) is 29.3 Å². The third-order valence-electron chi connectivity index (χ3n) is 3.97. The molecule has 1 aromatic carbocycles. The average molecular weight is 327 g/mol. The molecule has 2 rings (SSSR count). The monoisotopic (exact) mass is 327 g/mol. The highest BCUT2D eigenvalue weighted by molar-refractivity contribution is 7.93. The van der Waals surface area contributed by atoms with Crippen LogP contribution in [0.1, 0.15) is 41.6 Å². The number of methoxy groups -OCH3 is 1. The minimum atomic E-state index is -3.66. The van der Waals surface area contributed by atoms with Gasteiger partial charge in [0.25, 0.3) is 0 Å². The Morgan fingerprint density at radius 3 is 2.59 bits per heavy atom. The van der Waals surface area contributed by atoms with Crippen LogP contribution in [0.3, 0.4) is 0 Å². The van der Waals surface area contributed by atoms with E-state index in [2.05, 4.69) is 9.46 Å². The van der Waals surface area contributed by atoms with Gasteiger partial charge in [0.1, 0.15) is 5.25 Å². The first kappa shape index (κ1) is 16.8. The van der Waals surface area contributed by atoms with E-state index in [1.54, 1.807) is 13.0 Å². The lowest BCUT2D eigenvalue weighted by atomic mass is 9.97. The number of anilines is 1. The normalized spacial score (nSPS) is 22.1. The third-order valence-corrected chi connectivity index (χ3v) is 5.82. The Morgan fingerprint density at radius 2 is 2.00 bits per heavy atom. The summed E-state index contributed by atoms with van der Waals surface area (Å²) in [5.41, 5.74) is 1.39. The van der Waals surface area contributed by atoms with Crippen molar-refractivity contribution in [2.45, 2.75) is 44.0 Å². The van der Waals surface area contributed by atoms with Gasteiger partial charge >= 0.3 is 5.97 Å². The van der Waals surface area contributed by atoms with E-state index in [1.165, 1.54) is 19.2 Å². The van der Waals surface area contributed by atoms with Crippen molar-refractivity contribution in [1.82, 2.24) is 0 Å². The molecule has 0 aromatic heterocycles. The second kappa shape index (κ2) is 6.66. The summed E-state index contributed by atoms with van der Waals surface area (Å²) < 4.78 is 32.0. The fourth-order valence-electron chi connectivity index (χ4n) is 2.69. The van der Waals surface area contributed by atoms with Gasteiger partial charge < -0.3 is 9.84 Å². The van der Waals surface area contributed by atoms with Gasteiger partial charge in [0, 0.05) is 0 Å². The lowest BCUT2D eigenvalue weighted by Crippen LogP contribution is -2.40. The molecule has 122 valence electrons. The standard InChI is InChI=1S/C15H21NO5S/c1-10-9-11(15(18)21-2)7-8-12(10)16-22(19,20)14-6-4-3-5-13(14)17/h7-9,13-14,16-17H,3-6H2,1-2H3/t13-,14+/m0/s1. The Balaban J connectivity index is 2.20. The number of hydrogen-bond acceptors (Lipinski definition) is 5. The van der Waals surface area contributed by atoms with Crippen molar-refractivity contribution in [3.8, 4) is 0 Å². The molecule has 0 aliphatic heterocycles. The Labute approximate surface area is 130 Å². The topological polar surface area (TPSA) is 92.7 Å². The van der Waals surface area contributed by atoms with Crippen LogP contribution in [0, 0.1) is 6.92 Å². The van der Waals surface area contributed by atoms with Gasteiger partial charge in [0.05, 0.1) is 24.5 Å². The molecule has 1 saturated carbocycles. The Bertz CT molecular complexity index is 656. The van der Waals surface area contributed by atoms with Crippen molar-refractivity contribution in [3.63, 3.8) is 0 Å². The van der Waals surface area contributed by atoms with Gasteiger partial charge in [-0.2, -0.15) is 0 Å². The number of nitrogens with one attached hydrogen (secondary N) is 1. The van der Waals surface area contributed by atoms with Crippen molar-refractivity contribution in [2.24, 2.45) is 0 Å². The zero-order valence-corrected chi connectivity index (χ0v) is 13.5. The van der Waals surface area contributed by atoms with E-state index in [9.17, 15) is 18.3 Å². The molecule has 0 spiro atoms. The van der Waals surface area contributed by atoms with Crippen LogP contribution in [0.5, 0.6) is 0 Å². The highest BCUT2D eigenvalue weighted by Crippen LogP contribution is 2.27. The Morgan fingerprint density at radius 1 is 1.32 bits per heavy atom. The third kappa shape index (κ3) is 3.59. The number of rotatable bonds is 4. The molecule has 1 fully saturated rings. The largest absolute Gasteiger partial charge is 0.465 e. The number of aliphatic hydroxyl groups excluding tert-OH is 1. The molecule has 0 amide bonds. The highest BCUT2D eigenvalue weighted by atomic mass is 32.2. The molecule has 0 bridgehead atoms. The molecule has 2 atom stereocenters. The molecule has 0 heterocycles. The van der Waals surface area contributed by atoms with Crippen LogP contribution in [0.4, 0.5) is 5.69 Å². The number of carbonyl (C=O) groups excluding carboxylic acids is 1. The summed E-state index contributed by atoms with van der Waals surface area (Å²) in [7, 11) is -2.37. The predicted octanol–water partition coefficient (Wildman–Crippen LogP) is 1.83. The van der Waals surface area contributed by atoms with Gasteiger partial charge in [-0.1, -0.05) is 12.8 Å². The molecular weight excluding hydrogens is 306 g/mol. The fourth-order valence-corrected chi connectivity index (χ4v) is 4.40. The highest BCUT2D eigenvalue weighted by Gasteiger charge is 2.34. The number of aliphatic hydroxyl groups is 1. The minimum Gasteiger partial charge on any atom is -0.465 e. The van der Waals surface area contributed by atoms with Gasteiger partial charge in [0.15, 0.2) is 0 Å². The Hall–Kier alpha value is -1.60. The summed E-state index contributed by atoms with van der Waals surface area (Å²) in [5.74, 6) is -0.472. The zero-order valence-electron chi connectivity index (χ0n) is 12.7. The van der Waals surface area contributed by atoms with E-state index in [-0.39, 0.29) is 0 Å². The van der Waals surface area contributed by atoms with Crippen LogP contribution in [0.2, 0.25) is 0 Å². The second-order valence-electron chi connectivity index (χ2n) is 5.56. The van der Waals surface area contributed by atoms with E-state index in [0.29, 0.717) is 29.7 Å². The molecule has 1 aromatic rings. The number of esters is 1. The predicted molar refractivity (Wildman–Crippen MR) is 83.3 cm³/mol. The number of carbonyl (C=O) groups is 1. The van der Waals surface area contributed by atoms with Crippen molar-refractivity contribution >= 4 is 21.7 Å². The first-order valence-corrected chi connectivity index (χ1v) is 8.78. The van der Waals surface area contributed by atoms with E-state index in [4.69, 9.17) is 0 Å². The molecule has 6 nitrogen and oxygen atoms in total. The summed E-state index contributed by atoms with van der Waals surface area (Å²) in [6.07, 6.45) is 1.77. The number of ether oxygens (including phenoxy) is 1. The summed E-state index contributed by atoms with van der Waals surface area (Å²) in [6, 6.07) is 4.61. The fraction of sp³-hybridized carbons (Fsp3) is 0.533. The number of sulfonamides is 1. The smallest absolute Gasteiger partial charge is 0.337 e. The van der Waals surface area contributed by atoms with E-state index in [0.717, 1.165) is 12.8 Å². The number of benzene rings is 1. The van der Waals surface area contributed by atoms with Crippen molar-refractivity contribution in [2.75, 3.05) is 11.8 Å². The van der Waals surface area contributed by atoms with E-state index >= 15 is 0 Å². The first-order valence-electron chi connectivity index (χ1n) is 7.24. The number of hydrogen-bond donors (Lipinski definition) is 2. The van der Waals surface area contributed by atoms with Crippen LogP contribution in [-0.4, -0.2) is 38.0 Å². The van der Waals surface area contributed by atoms with Crippen LogP contribution in [0.15, 0.2) is 18.2 Å². The van der Waals surface area contributed by atoms with Gasteiger partial charge in [-0.25, -0.2) is 13.2 Å². The lowest BCUT2D eigenvalue weighted by molar-refractivity contribution is 0.0600. The molecule has 1 aliphatic rings. The van der Waals surface area contributed by atoms with Crippen LogP contribution in [0.25, 0.3) is 0 Å². The minimum absolute atomic E-state index is 0.362. The summed E-state index contributed by atoms with van der Waals surface area (Å²) in [4.78, 5) is 11.5. The quantitative estimate of drug-likeness (QED) is 0.823. The molecule has 0 saturated heterocycles. The molecule has 2 N–H and O–H groups in total. The number of aryl methyl sites for hydroxylation is 1. The van der Waals surface area contributed by atoms with Gasteiger partial charge in [-0.05, 0) is 43.5 Å². The average Bonchev–Trinajstić information content (AvgIpc) is 2.48. The van der Waals surface area contributed by atoms with Crippen LogP contribution in [-0.2, 0) is 14.8 Å². The van der Waals surface area contributed by atoms with Crippen LogP contribution < -0.4 is 4.72 Å². The molecule has 22 heavy (non-hydrogen) atoms. The van der Waals surface area contributed by atoms with Gasteiger partial charge in [-0.15, -0.1) is 0 Å². The van der Waals surface area contributed by atoms with E-state index < -0.39 is 27.3 Å². The Kier molecular flexibility index (Phi) is 5.08. The lowest BCUT2D eigenvalue weighted by Gasteiger charge is -2.27. The molecule has 0 radical (unpaired) electrons. The molecule has 7 heteroatoms. The molecule has 1 aliphatic carbocycles. The van der Waals surface area contributed by atoms with Gasteiger partial charge in [0.2, 0.25) is 10.0 Å². The zero-order chi connectivity index (χ0) is 16.3. The summed E-state index contributed by atoms with van der Waals surface area (Å²) in [5, 5.41) is 9.13. The molecular formula is C15H21NO5S. The second-order valence-corrected chi connectivity index (χ2v) is 7.46.